The maximum atomic E-state index is 11.6. The SMILES string of the molecule is O=C(/C=C/c1ccccc1Br)NCc1cn[nH]c1. The van der Waals surface area contributed by atoms with Crippen LogP contribution in [0, 0.1) is 0 Å². The number of rotatable bonds is 4. The Morgan fingerprint density at radius 3 is 3.00 bits per heavy atom. The quantitative estimate of drug-likeness (QED) is 0.853. The van der Waals surface area contributed by atoms with E-state index in [0.717, 1.165) is 15.6 Å². The van der Waals surface area contributed by atoms with E-state index in [0.29, 0.717) is 6.54 Å². The first-order valence-corrected chi connectivity index (χ1v) is 6.23. The van der Waals surface area contributed by atoms with Gasteiger partial charge in [-0.1, -0.05) is 34.1 Å². The van der Waals surface area contributed by atoms with E-state index in [4.69, 9.17) is 0 Å². The van der Waals surface area contributed by atoms with E-state index < -0.39 is 0 Å². The summed E-state index contributed by atoms with van der Waals surface area (Å²) in [7, 11) is 0. The molecule has 0 atom stereocenters. The highest BCUT2D eigenvalue weighted by molar-refractivity contribution is 9.10. The third kappa shape index (κ3) is 3.56. The highest BCUT2D eigenvalue weighted by Gasteiger charge is 1.98. The summed E-state index contributed by atoms with van der Waals surface area (Å²) in [6, 6.07) is 7.72. The van der Waals surface area contributed by atoms with Gasteiger partial charge < -0.3 is 5.32 Å². The average Bonchev–Trinajstić information content (AvgIpc) is 2.88. The highest BCUT2D eigenvalue weighted by Crippen LogP contribution is 2.16. The number of benzene rings is 1. The minimum Gasteiger partial charge on any atom is -0.348 e. The van der Waals surface area contributed by atoms with Gasteiger partial charge in [-0.2, -0.15) is 5.10 Å². The van der Waals surface area contributed by atoms with Crippen LogP contribution in [0.2, 0.25) is 0 Å². The molecule has 0 aliphatic heterocycles. The van der Waals surface area contributed by atoms with Crippen LogP contribution in [-0.4, -0.2) is 16.1 Å². The molecule has 2 aromatic rings. The van der Waals surface area contributed by atoms with Crippen LogP contribution in [0.25, 0.3) is 6.08 Å². The number of aromatic amines is 1. The average molecular weight is 306 g/mol. The van der Waals surface area contributed by atoms with Crippen molar-refractivity contribution >= 4 is 27.9 Å². The Balaban J connectivity index is 1.89. The molecule has 1 aromatic carbocycles. The van der Waals surface area contributed by atoms with Gasteiger partial charge in [-0.25, -0.2) is 0 Å². The van der Waals surface area contributed by atoms with Gasteiger partial charge in [0.05, 0.1) is 6.20 Å². The Morgan fingerprint density at radius 1 is 1.44 bits per heavy atom. The van der Waals surface area contributed by atoms with Crippen LogP contribution in [0.4, 0.5) is 0 Å². The van der Waals surface area contributed by atoms with Gasteiger partial charge in [-0.05, 0) is 17.7 Å². The van der Waals surface area contributed by atoms with Crippen LogP contribution in [0.1, 0.15) is 11.1 Å². The van der Waals surface area contributed by atoms with Crippen molar-refractivity contribution in [3.63, 3.8) is 0 Å². The van der Waals surface area contributed by atoms with Gasteiger partial charge in [0.1, 0.15) is 0 Å². The molecule has 2 N–H and O–H groups in total. The maximum Gasteiger partial charge on any atom is 0.244 e. The molecule has 0 aliphatic rings. The van der Waals surface area contributed by atoms with Crippen LogP contribution in [0.5, 0.6) is 0 Å². The lowest BCUT2D eigenvalue weighted by Crippen LogP contribution is -2.19. The normalized spacial score (nSPS) is 10.7. The van der Waals surface area contributed by atoms with E-state index in [-0.39, 0.29) is 5.91 Å². The molecular formula is C13H12BrN3O. The van der Waals surface area contributed by atoms with Crippen molar-refractivity contribution in [2.75, 3.05) is 0 Å². The van der Waals surface area contributed by atoms with Gasteiger partial charge >= 0.3 is 0 Å². The lowest BCUT2D eigenvalue weighted by atomic mass is 10.2. The Hall–Kier alpha value is -1.88. The van der Waals surface area contributed by atoms with E-state index in [1.54, 1.807) is 18.5 Å². The second kappa shape index (κ2) is 6.16. The van der Waals surface area contributed by atoms with E-state index in [2.05, 4.69) is 31.4 Å². The maximum absolute atomic E-state index is 11.6. The number of carbonyl (C=O) groups excluding carboxylic acids is 1. The Kier molecular flexibility index (Phi) is 4.30. The molecule has 0 spiro atoms. The zero-order chi connectivity index (χ0) is 12.8. The molecule has 0 saturated carbocycles. The van der Waals surface area contributed by atoms with Crippen LogP contribution < -0.4 is 5.32 Å². The summed E-state index contributed by atoms with van der Waals surface area (Å²) < 4.78 is 0.962. The molecule has 0 saturated heterocycles. The number of H-pyrrole nitrogens is 1. The van der Waals surface area contributed by atoms with E-state index >= 15 is 0 Å². The minimum absolute atomic E-state index is 0.132. The molecule has 0 unspecified atom stereocenters. The number of halogens is 1. The second-order valence-electron chi connectivity index (χ2n) is 3.68. The van der Waals surface area contributed by atoms with Gasteiger partial charge in [0, 0.05) is 28.9 Å². The van der Waals surface area contributed by atoms with Crippen molar-refractivity contribution < 1.29 is 4.79 Å². The zero-order valence-electron chi connectivity index (χ0n) is 9.56. The van der Waals surface area contributed by atoms with Crippen LogP contribution in [0.15, 0.2) is 47.2 Å². The number of nitrogens with one attached hydrogen (secondary N) is 2. The topological polar surface area (TPSA) is 57.8 Å². The fraction of sp³-hybridized carbons (Fsp3) is 0.0769. The van der Waals surface area contributed by atoms with Crippen LogP contribution in [-0.2, 0) is 11.3 Å². The van der Waals surface area contributed by atoms with Gasteiger partial charge in [-0.15, -0.1) is 0 Å². The van der Waals surface area contributed by atoms with Crippen molar-refractivity contribution in [3.05, 3.63) is 58.3 Å². The number of aromatic nitrogens is 2. The molecule has 5 heteroatoms. The molecule has 0 fully saturated rings. The largest absolute Gasteiger partial charge is 0.348 e. The molecule has 4 nitrogen and oxygen atoms in total. The Labute approximate surface area is 113 Å². The van der Waals surface area contributed by atoms with E-state index in [1.165, 1.54) is 6.08 Å². The lowest BCUT2D eigenvalue weighted by molar-refractivity contribution is -0.116. The molecule has 1 amide bonds. The van der Waals surface area contributed by atoms with Crippen molar-refractivity contribution in [2.45, 2.75) is 6.54 Å². The van der Waals surface area contributed by atoms with Crippen molar-refractivity contribution in [1.29, 1.82) is 0 Å². The predicted molar refractivity (Wildman–Crippen MR) is 73.6 cm³/mol. The third-order valence-electron chi connectivity index (χ3n) is 2.34. The lowest BCUT2D eigenvalue weighted by Gasteiger charge is -1.99. The molecule has 0 radical (unpaired) electrons. The molecule has 92 valence electrons. The summed E-state index contributed by atoms with van der Waals surface area (Å²) in [6.45, 7) is 0.468. The monoisotopic (exact) mass is 305 g/mol. The molecule has 0 aliphatic carbocycles. The van der Waals surface area contributed by atoms with Crippen LogP contribution >= 0.6 is 15.9 Å². The molecule has 18 heavy (non-hydrogen) atoms. The summed E-state index contributed by atoms with van der Waals surface area (Å²) in [5.41, 5.74) is 1.91. The first kappa shape index (κ1) is 12.6. The zero-order valence-corrected chi connectivity index (χ0v) is 11.1. The molecule has 1 aromatic heterocycles. The number of nitrogens with zero attached hydrogens (tertiary/aromatic N) is 1. The summed E-state index contributed by atoms with van der Waals surface area (Å²) in [5, 5.41) is 9.27. The Bertz CT molecular complexity index is 549. The third-order valence-corrected chi connectivity index (χ3v) is 3.06. The van der Waals surface area contributed by atoms with Crippen molar-refractivity contribution in [1.82, 2.24) is 15.5 Å². The van der Waals surface area contributed by atoms with Crippen LogP contribution in [0.3, 0.4) is 0 Å². The summed E-state index contributed by atoms with van der Waals surface area (Å²) in [5.74, 6) is -0.132. The summed E-state index contributed by atoms with van der Waals surface area (Å²) in [6.07, 6.45) is 6.71. The van der Waals surface area contributed by atoms with Gasteiger partial charge in [0.25, 0.3) is 0 Å². The first-order valence-electron chi connectivity index (χ1n) is 5.44. The smallest absolute Gasteiger partial charge is 0.244 e. The summed E-state index contributed by atoms with van der Waals surface area (Å²) >= 11 is 3.42. The highest BCUT2D eigenvalue weighted by atomic mass is 79.9. The minimum atomic E-state index is -0.132. The van der Waals surface area contributed by atoms with E-state index in [9.17, 15) is 4.79 Å². The molecule has 1 heterocycles. The first-order chi connectivity index (χ1) is 8.75. The number of hydrogen-bond acceptors (Lipinski definition) is 2. The fourth-order valence-electron chi connectivity index (χ4n) is 1.40. The summed E-state index contributed by atoms with van der Waals surface area (Å²) in [4.78, 5) is 11.6. The predicted octanol–water partition coefficient (Wildman–Crippen LogP) is 2.50. The fourth-order valence-corrected chi connectivity index (χ4v) is 1.82. The van der Waals surface area contributed by atoms with Gasteiger partial charge in [-0.3, -0.25) is 9.89 Å². The van der Waals surface area contributed by atoms with Crippen molar-refractivity contribution in [3.8, 4) is 0 Å². The van der Waals surface area contributed by atoms with Gasteiger partial charge in [0.2, 0.25) is 5.91 Å². The number of carbonyl (C=O) groups is 1. The van der Waals surface area contributed by atoms with Gasteiger partial charge in [0.15, 0.2) is 0 Å². The standard InChI is InChI=1S/C13H12BrN3O/c14-12-4-2-1-3-11(12)5-6-13(18)15-7-10-8-16-17-9-10/h1-6,8-9H,7H2,(H,15,18)(H,16,17)/b6-5+. The second-order valence-corrected chi connectivity index (χ2v) is 4.53. The Morgan fingerprint density at radius 2 is 2.28 bits per heavy atom. The molecular weight excluding hydrogens is 294 g/mol. The molecule has 0 bridgehead atoms. The van der Waals surface area contributed by atoms with Crippen molar-refractivity contribution in [2.24, 2.45) is 0 Å². The van der Waals surface area contributed by atoms with E-state index in [1.807, 2.05) is 24.3 Å². The number of hydrogen-bond donors (Lipinski definition) is 2. The molecule has 2 rings (SSSR count). The number of amides is 1.